The van der Waals surface area contributed by atoms with Gasteiger partial charge in [-0.1, -0.05) is 48.2 Å². The number of nitrogens with zero attached hydrogens (tertiary/aromatic N) is 2. The van der Waals surface area contributed by atoms with E-state index in [0.717, 1.165) is 36.0 Å². The predicted octanol–water partition coefficient (Wildman–Crippen LogP) is 6.72. The summed E-state index contributed by atoms with van der Waals surface area (Å²) in [6, 6.07) is 17.5. The minimum Gasteiger partial charge on any atom is -0.406 e. The molecule has 0 bridgehead atoms. The van der Waals surface area contributed by atoms with E-state index in [0.29, 0.717) is 5.69 Å². The Hall–Kier alpha value is -4.26. The Labute approximate surface area is 222 Å². The summed E-state index contributed by atoms with van der Waals surface area (Å²) in [6.07, 6.45) is -8.46. The van der Waals surface area contributed by atoms with Crippen molar-refractivity contribution in [3.8, 4) is 5.75 Å². The molecule has 0 aromatic heterocycles. The predicted molar refractivity (Wildman–Crippen MR) is 135 cm³/mol. The van der Waals surface area contributed by atoms with Crippen molar-refractivity contribution in [3.63, 3.8) is 0 Å². The lowest BCUT2D eigenvalue weighted by Gasteiger charge is -2.17. The van der Waals surface area contributed by atoms with Crippen molar-refractivity contribution >= 4 is 46.2 Å². The van der Waals surface area contributed by atoms with Gasteiger partial charge >= 0.3 is 12.5 Å². The van der Waals surface area contributed by atoms with Crippen LogP contribution in [-0.2, 0) is 15.8 Å². The molecule has 0 fully saturated rings. The molecule has 0 saturated heterocycles. The molecule has 3 aromatic carbocycles. The van der Waals surface area contributed by atoms with Crippen molar-refractivity contribution in [3.05, 3.63) is 95.7 Å². The Kier molecular flexibility index (Phi) is 8.00. The highest BCUT2D eigenvalue weighted by atomic mass is 32.2. The third-order valence-corrected chi connectivity index (χ3v) is 6.04. The van der Waals surface area contributed by atoms with Crippen molar-refractivity contribution in [1.82, 2.24) is 0 Å². The summed E-state index contributed by atoms with van der Waals surface area (Å²) in [7, 11) is 0. The normalized spacial score (nSPS) is 14.9. The van der Waals surface area contributed by atoms with Crippen LogP contribution in [0.5, 0.6) is 5.75 Å². The zero-order valence-corrected chi connectivity index (χ0v) is 20.4. The van der Waals surface area contributed by atoms with Crippen molar-refractivity contribution in [1.29, 1.82) is 0 Å². The first-order valence-corrected chi connectivity index (χ1v) is 12.0. The number of benzene rings is 3. The smallest absolute Gasteiger partial charge is 0.406 e. The molecule has 1 aliphatic rings. The lowest BCUT2D eigenvalue weighted by Crippen LogP contribution is -2.31. The van der Waals surface area contributed by atoms with Gasteiger partial charge < -0.3 is 10.1 Å². The fourth-order valence-electron chi connectivity index (χ4n) is 3.49. The molecular weight excluding hydrogens is 548 g/mol. The summed E-state index contributed by atoms with van der Waals surface area (Å²) < 4.78 is 81.1. The van der Waals surface area contributed by atoms with Crippen LogP contribution in [0.2, 0.25) is 0 Å². The molecule has 1 N–H and O–H groups in total. The molecule has 13 heteroatoms. The third kappa shape index (κ3) is 7.19. The fraction of sp³-hybridized carbons (Fsp3) is 0.115. The maximum atomic E-state index is 13.5. The second-order valence-corrected chi connectivity index (χ2v) is 8.84. The van der Waals surface area contributed by atoms with Crippen LogP contribution in [0.3, 0.4) is 0 Å². The quantitative estimate of drug-likeness (QED) is 0.266. The van der Waals surface area contributed by atoms with E-state index in [1.807, 2.05) is 0 Å². The molecule has 0 saturated carbocycles. The second kappa shape index (κ2) is 11.2. The standard InChI is InChI=1S/C26H17F6N3O3S/c27-25(28,29)20-9-5-4-6-16(20)14-21-23(37)35(18-7-2-1-3-8-18)24(34-21)39-15-22(36)33-17-10-12-19(13-11-17)38-26(30,31)32/h1-14H,15H2,(H,33,36)/b21-14+. The lowest BCUT2D eigenvalue weighted by atomic mass is 10.1. The Morgan fingerprint density at radius 3 is 2.21 bits per heavy atom. The highest BCUT2D eigenvalue weighted by Crippen LogP contribution is 2.35. The maximum Gasteiger partial charge on any atom is 0.573 e. The van der Waals surface area contributed by atoms with Gasteiger partial charge in [0, 0.05) is 5.69 Å². The first-order chi connectivity index (χ1) is 18.4. The SMILES string of the molecule is O=C(CSC1=N/C(=C/c2ccccc2C(F)(F)F)C(=O)N1c1ccccc1)Nc1ccc(OC(F)(F)F)cc1. The molecule has 1 aliphatic heterocycles. The molecule has 0 unspecified atom stereocenters. The van der Waals surface area contributed by atoms with Gasteiger partial charge in [-0.25, -0.2) is 4.99 Å². The van der Waals surface area contributed by atoms with Gasteiger partial charge in [0.05, 0.1) is 17.0 Å². The number of halogens is 6. The highest BCUT2D eigenvalue weighted by molar-refractivity contribution is 8.14. The topological polar surface area (TPSA) is 71.0 Å². The van der Waals surface area contributed by atoms with Crippen molar-refractivity contribution in [2.75, 3.05) is 16.0 Å². The molecule has 0 aliphatic carbocycles. The largest absolute Gasteiger partial charge is 0.573 e. The highest BCUT2D eigenvalue weighted by Gasteiger charge is 2.35. The Balaban J connectivity index is 1.53. The van der Waals surface area contributed by atoms with Gasteiger partial charge in [-0.05, 0) is 54.1 Å². The van der Waals surface area contributed by atoms with Crippen LogP contribution in [0.1, 0.15) is 11.1 Å². The number of hydrogen-bond acceptors (Lipinski definition) is 5. The number of amidine groups is 1. The van der Waals surface area contributed by atoms with Crippen LogP contribution in [0, 0.1) is 0 Å². The number of anilines is 2. The molecule has 1 heterocycles. The van der Waals surface area contributed by atoms with Gasteiger partial charge in [-0.15, -0.1) is 13.2 Å². The monoisotopic (exact) mass is 565 g/mol. The van der Waals surface area contributed by atoms with Gasteiger partial charge in [0.15, 0.2) is 5.17 Å². The summed E-state index contributed by atoms with van der Waals surface area (Å²) in [4.78, 5) is 31.1. The molecule has 0 spiro atoms. The summed E-state index contributed by atoms with van der Waals surface area (Å²) >= 11 is 0.860. The van der Waals surface area contributed by atoms with E-state index in [4.69, 9.17) is 0 Å². The van der Waals surface area contributed by atoms with Gasteiger partial charge in [-0.2, -0.15) is 13.2 Å². The van der Waals surface area contributed by atoms with Crippen LogP contribution in [0.25, 0.3) is 6.08 Å². The summed E-state index contributed by atoms with van der Waals surface area (Å²) in [5.74, 6) is -1.96. The van der Waals surface area contributed by atoms with E-state index in [2.05, 4.69) is 15.0 Å². The molecule has 6 nitrogen and oxygen atoms in total. The number of carbonyl (C=O) groups excluding carboxylic acids is 2. The molecule has 39 heavy (non-hydrogen) atoms. The van der Waals surface area contributed by atoms with Gasteiger partial charge in [-0.3, -0.25) is 14.5 Å². The molecule has 2 amide bonds. The lowest BCUT2D eigenvalue weighted by molar-refractivity contribution is -0.274. The molecular formula is C26H17F6N3O3S. The van der Waals surface area contributed by atoms with Gasteiger partial charge in [0.1, 0.15) is 11.4 Å². The summed E-state index contributed by atoms with van der Waals surface area (Å²) in [5.41, 5.74) is -0.838. The summed E-state index contributed by atoms with van der Waals surface area (Å²) in [6.45, 7) is 0. The molecule has 4 rings (SSSR count). The van der Waals surface area contributed by atoms with E-state index in [1.54, 1.807) is 30.3 Å². The van der Waals surface area contributed by atoms with Crippen molar-refractivity contribution in [2.24, 2.45) is 4.99 Å². The molecule has 0 radical (unpaired) electrons. The van der Waals surface area contributed by atoms with Crippen LogP contribution in [0.4, 0.5) is 37.7 Å². The maximum absolute atomic E-state index is 13.5. The average molecular weight is 565 g/mol. The van der Waals surface area contributed by atoms with E-state index >= 15 is 0 Å². The number of nitrogens with one attached hydrogen (secondary N) is 1. The van der Waals surface area contributed by atoms with Crippen LogP contribution < -0.4 is 15.0 Å². The number of thioether (sulfide) groups is 1. The Morgan fingerprint density at radius 1 is 0.923 bits per heavy atom. The number of carbonyl (C=O) groups is 2. The summed E-state index contributed by atoms with van der Waals surface area (Å²) in [5, 5.41) is 2.56. The number of aliphatic imine (C=N–C) groups is 1. The van der Waals surface area contributed by atoms with Crippen LogP contribution >= 0.6 is 11.8 Å². The first kappa shape index (κ1) is 27.8. The minimum absolute atomic E-state index is 0.0611. The molecule has 3 aromatic rings. The number of ether oxygens (including phenoxy) is 1. The number of hydrogen-bond donors (Lipinski definition) is 1. The van der Waals surface area contributed by atoms with E-state index in [1.165, 1.54) is 35.2 Å². The third-order valence-electron chi connectivity index (χ3n) is 5.11. The average Bonchev–Trinajstić information content (AvgIpc) is 3.18. The fourth-order valence-corrected chi connectivity index (χ4v) is 4.31. The number of amides is 2. The number of rotatable bonds is 6. The zero-order valence-electron chi connectivity index (χ0n) is 19.6. The van der Waals surface area contributed by atoms with Crippen LogP contribution in [-0.4, -0.2) is 29.1 Å². The minimum atomic E-state index is -4.85. The van der Waals surface area contributed by atoms with E-state index < -0.39 is 35.7 Å². The number of para-hydroxylation sites is 1. The van der Waals surface area contributed by atoms with E-state index in [-0.39, 0.29) is 27.9 Å². The number of alkyl halides is 6. The molecule has 0 atom stereocenters. The second-order valence-electron chi connectivity index (χ2n) is 7.89. The van der Waals surface area contributed by atoms with E-state index in [9.17, 15) is 35.9 Å². The van der Waals surface area contributed by atoms with Gasteiger partial charge in [0.25, 0.3) is 5.91 Å². The Morgan fingerprint density at radius 2 is 1.56 bits per heavy atom. The molecule has 202 valence electrons. The Bertz CT molecular complexity index is 1420. The van der Waals surface area contributed by atoms with Crippen LogP contribution in [0.15, 0.2) is 89.6 Å². The van der Waals surface area contributed by atoms with Gasteiger partial charge in [0.2, 0.25) is 5.91 Å². The first-order valence-electron chi connectivity index (χ1n) is 11.1. The zero-order chi connectivity index (χ0) is 28.2. The van der Waals surface area contributed by atoms with Crippen molar-refractivity contribution < 1.29 is 40.7 Å². The van der Waals surface area contributed by atoms with Crippen molar-refractivity contribution in [2.45, 2.75) is 12.5 Å².